The van der Waals surface area contributed by atoms with Crippen LogP contribution in [0.3, 0.4) is 0 Å². The van der Waals surface area contributed by atoms with Gasteiger partial charge in [-0.1, -0.05) is 6.92 Å². The molecular weight excluding hydrogens is 230 g/mol. The third kappa shape index (κ3) is 2.06. The summed E-state index contributed by atoms with van der Waals surface area (Å²) in [7, 11) is 1.39. The highest BCUT2D eigenvalue weighted by atomic mass is 16.5. The lowest BCUT2D eigenvalue weighted by Crippen LogP contribution is -2.05. The fraction of sp³-hybridized carbons (Fsp3) is 0.357. The van der Waals surface area contributed by atoms with Crippen LogP contribution < -0.4 is 0 Å². The fourth-order valence-electron chi connectivity index (χ4n) is 2.10. The number of nitrogens with zero attached hydrogens (tertiary/aromatic N) is 1. The molecule has 4 heteroatoms. The number of carbonyl (C=O) groups is 1. The highest BCUT2D eigenvalue weighted by Gasteiger charge is 2.19. The van der Waals surface area contributed by atoms with E-state index in [1.54, 1.807) is 6.26 Å². The highest BCUT2D eigenvalue weighted by Crippen LogP contribution is 2.27. The van der Waals surface area contributed by atoms with Gasteiger partial charge in [0.15, 0.2) is 0 Å². The van der Waals surface area contributed by atoms with Crippen molar-refractivity contribution in [3.8, 4) is 11.5 Å². The second-order valence-corrected chi connectivity index (χ2v) is 4.15. The Morgan fingerprint density at radius 3 is 2.83 bits per heavy atom. The first-order valence-electron chi connectivity index (χ1n) is 6.01. The average Bonchev–Trinajstić information content (AvgIpc) is 2.99. The van der Waals surface area contributed by atoms with Gasteiger partial charge in [-0.2, -0.15) is 0 Å². The van der Waals surface area contributed by atoms with Gasteiger partial charge in [-0.3, -0.25) is 0 Å². The molecule has 0 saturated carbocycles. The molecule has 0 aliphatic rings. The van der Waals surface area contributed by atoms with E-state index in [1.807, 2.05) is 25.1 Å². The van der Waals surface area contributed by atoms with Crippen LogP contribution in [0.1, 0.15) is 29.4 Å². The van der Waals surface area contributed by atoms with Crippen molar-refractivity contribution in [2.75, 3.05) is 7.11 Å². The van der Waals surface area contributed by atoms with Gasteiger partial charge in [-0.25, -0.2) is 4.79 Å². The van der Waals surface area contributed by atoms with Crippen LogP contribution in [0.2, 0.25) is 0 Å². The highest BCUT2D eigenvalue weighted by molar-refractivity contribution is 5.92. The van der Waals surface area contributed by atoms with Crippen molar-refractivity contribution in [2.24, 2.45) is 0 Å². The van der Waals surface area contributed by atoms with E-state index in [2.05, 4.69) is 11.5 Å². The molecule has 0 spiro atoms. The van der Waals surface area contributed by atoms with E-state index < -0.39 is 0 Å². The molecule has 0 bridgehead atoms. The van der Waals surface area contributed by atoms with Crippen molar-refractivity contribution in [1.29, 1.82) is 0 Å². The first-order valence-corrected chi connectivity index (χ1v) is 6.01. The normalized spacial score (nSPS) is 10.6. The van der Waals surface area contributed by atoms with Gasteiger partial charge < -0.3 is 13.7 Å². The van der Waals surface area contributed by atoms with Crippen molar-refractivity contribution in [1.82, 2.24) is 4.57 Å². The fourth-order valence-corrected chi connectivity index (χ4v) is 2.10. The second kappa shape index (κ2) is 5.12. The van der Waals surface area contributed by atoms with E-state index in [4.69, 9.17) is 9.15 Å². The first kappa shape index (κ1) is 12.5. The van der Waals surface area contributed by atoms with E-state index in [1.165, 1.54) is 7.11 Å². The SMILES string of the molecule is CCCn1c(-c2ccco2)cc(C(=O)OC)c1C. The van der Waals surface area contributed by atoms with Gasteiger partial charge in [0.1, 0.15) is 5.76 Å². The predicted octanol–water partition coefficient (Wildman–Crippen LogP) is 3.25. The van der Waals surface area contributed by atoms with Crippen LogP contribution in [0.5, 0.6) is 0 Å². The number of furan rings is 1. The van der Waals surface area contributed by atoms with Crippen LogP contribution in [0.4, 0.5) is 0 Å². The Bertz CT molecular complexity index is 538. The molecule has 2 heterocycles. The maximum Gasteiger partial charge on any atom is 0.339 e. The predicted molar refractivity (Wildman–Crippen MR) is 68.5 cm³/mol. The van der Waals surface area contributed by atoms with Crippen molar-refractivity contribution in [3.63, 3.8) is 0 Å². The minimum atomic E-state index is -0.310. The van der Waals surface area contributed by atoms with Crippen molar-refractivity contribution < 1.29 is 13.9 Å². The summed E-state index contributed by atoms with van der Waals surface area (Å²) in [5.41, 5.74) is 2.42. The zero-order valence-corrected chi connectivity index (χ0v) is 10.9. The number of esters is 1. The lowest BCUT2D eigenvalue weighted by molar-refractivity contribution is 0.0600. The molecule has 4 nitrogen and oxygen atoms in total. The summed E-state index contributed by atoms with van der Waals surface area (Å²) in [4.78, 5) is 11.7. The van der Waals surface area contributed by atoms with Gasteiger partial charge in [0.25, 0.3) is 0 Å². The van der Waals surface area contributed by atoms with E-state index in [0.29, 0.717) is 5.56 Å². The van der Waals surface area contributed by atoms with Crippen LogP contribution in [-0.2, 0) is 11.3 Å². The molecule has 18 heavy (non-hydrogen) atoms. The lowest BCUT2D eigenvalue weighted by atomic mass is 10.2. The molecule has 0 atom stereocenters. The Kier molecular flexibility index (Phi) is 3.55. The molecule has 2 aromatic heterocycles. The molecule has 0 radical (unpaired) electrons. The van der Waals surface area contributed by atoms with Gasteiger partial charge in [0.05, 0.1) is 24.6 Å². The third-order valence-electron chi connectivity index (χ3n) is 2.99. The molecule has 96 valence electrons. The van der Waals surface area contributed by atoms with Gasteiger partial charge in [0, 0.05) is 12.2 Å². The van der Waals surface area contributed by atoms with Crippen molar-refractivity contribution in [2.45, 2.75) is 26.8 Å². The van der Waals surface area contributed by atoms with Crippen LogP contribution >= 0.6 is 0 Å². The molecule has 0 aromatic carbocycles. The van der Waals surface area contributed by atoms with Crippen LogP contribution in [0.15, 0.2) is 28.9 Å². The Balaban J connectivity index is 2.54. The summed E-state index contributed by atoms with van der Waals surface area (Å²) in [6.45, 7) is 4.87. The monoisotopic (exact) mass is 247 g/mol. The molecule has 2 aromatic rings. The molecular formula is C14H17NO3. The molecule has 0 unspecified atom stereocenters. The summed E-state index contributed by atoms with van der Waals surface area (Å²) in [6, 6.07) is 5.56. The summed E-state index contributed by atoms with van der Waals surface area (Å²) in [5, 5.41) is 0. The van der Waals surface area contributed by atoms with E-state index >= 15 is 0 Å². The Morgan fingerprint density at radius 2 is 2.28 bits per heavy atom. The number of rotatable bonds is 4. The van der Waals surface area contributed by atoms with Crippen LogP contribution in [-0.4, -0.2) is 17.6 Å². The topological polar surface area (TPSA) is 44.4 Å². The molecule has 0 amide bonds. The quantitative estimate of drug-likeness (QED) is 0.779. The standard InChI is InChI=1S/C14H17NO3/c1-4-7-15-10(2)11(14(16)17-3)9-12(15)13-6-5-8-18-13/h5-6,8-9H,4,7H2,1-3H3. The first-order chi connectivity index (χ1) is 8.69. The summed E-state index contributed by atoms with van der Waals surface area (Å²) in [5.74, 6) is 0.455. The maximum absolute atomic E-state index is 11.7. The summed E-state index contributed by atoms with van der Waals surface area (Å²) < 4.78 is 12.3. The third-order valence-corrected chi connectivity index (χ3v) is 2.99. The number of hydrogen-bond donors (Lipinski definition) is 0. The average molecular weight is 247 g/mol. The Morgan fingerprint density at radius 1 is 1.50 bits per heavy atom. The Labute approximate surface area is 106 Å². The molecule has 0 aliphatic carbocycles. The molecule has 2 rings (SSSR count). The van der Waals surface area contributed by atoms with E-state index in [-0.39, 0.29) is 5.97 Å². The minimum Gasteiger partial charge on any atom is -0.465 e. The van der Waals surface area contributed by atoms with Gasteiger partial charge >= 0.3 is 5.97 Å². The summed E-state index contributed by atoms with van der Waals surface area (Å²) in [6.07, 6.45) is 2.62. The molecule has 0 saturated heterocycles. The zero-order valence-electron chi connectivity index (χ0n) is 10.9. The Hall–Kier alpha value is -1.97. The largest absolute Gasteiger partial charge is 0.465 e. The molecule has 0 N–H and O–H groups in total. The van der Waals surface area contributed by atoms with E-state index in [9.17, 15) is 4.79 Å². The molecule has 0 aliphatic heterocycles. The summed E-state index contributed by atoms with van der Waals surface area (Å²) >= 11 is 0. The van der Waals surface area contributed by atoms with Crippen molar-refractivity contribution >= 4 is 5.97 Å². The second-order valence-electron chi connectivity index (χ2n) is 4.15. The number of carbonyl (C=O) groups excluding carboxylic acids is 1. The lowest BCUT2D eigenvalue weighted by Gasteiger charge is -2.08. The number of aromatic nitrogens is 1. The van der Waals surface area contributed by atoms with Gasteiger partial charge in [-0.05, 0) is 31.5 Å². The zero-order chi connectivity index (χ0) is 13.1. The van der Waals surface area contributed by atoms with Gasteiger partial charge in [0.2, 0.25) is 0 Å². The van der Waals surface area contributed by atoms with Crippen LogP contribution in [0, 0.1) is 6.92 Å². The maximum atomic E-state index is 11.7. The van der Waals surface area contributed by atoms with Crippen molar-refractivity contribution in [3.05, 3.63) is 35.7 Å². The van der Waals surface area contributed by atoms with Gasteiger partial charge in [-0.15, -0.1) is 0 Å². The number of hydrogen-bond acceptors (Lipinski definition) is 3. The van der Waals surface area contributed by atoms with Crippen LogP contribution in [0.25, 0.3) is 11.5 Å². The van der Waals surface area contributed by atoms with E-state index in [0.717, 1.165) is 30.1 Å². The number of ether oxygens (including phenoxy) is 1. The number of methoxy groups -OCH3 is 1. The molecule has 0 fully saturated rings. The smallest absolute Gasteiger partial charge is 0.339 e. The minimum absolute atomic E-state index is 0.310.